The normalized spacial score (nSPS) is 10.8. The van der Waals surface area contributed by atoms with Crippen LogP contribution >= 0.6 is 11.6 Å². The lowest BCUT2D eigenvalue weighted by Crippen LogP contribution is -2.05. The Labute approximate surface area is 115 Å². The minimum absolute atomic E-state index is 0.703. The first-order chi connectivity index (χ1) is 9.33. The number of rotatable bonds is 4. The molecular weight excluding hydrogens is 260 g/mol. The lowest BCUT2D eigenvalue weighted by Gasteiger charge is -2.08. The average Bonchev–Trinajstić information content (AvgIpc) is 2.92. The molecule has 0 amide bonds. The Morgan fingerprint density at radius 3 is 3.05 bits per heavy atom. The van der Waals surface area contributed by atoms with Crippen LogP contribution in [0.1, 0.15) is 5.69 Å². The highest BCUT2D eigenvalue weighted by Crippen LogP contribution is 2.24. The van der Waals surface area contributed by atoms with Gasteiger partial charge in [0.2, 0.25) is 0 Å². The molecular formula is C14H13ClN4. The summed E-state index contributed by atoms with van der Waals surface area (Å²) in [7, 11) is 0. The molecule has 2 heterocycles. The van der Waals surface area contributed by atoms with Crippen molar-refractivity contribution >= 4 is 28.2 Å². The van der Waals surface area contributed by atoms with Crippen LogP contribution in [0.3, 0.4) is 0 Å². The summed E-state index contributed by atoms with van der Waals surface area (Å²) < 4.78 is 0. The van der Waals surface area contributed by atoms with Crippen molar-refractivity contribution in [1.82, 2.24) is 15.0 Å². The van der Waals surface area contributed by atoms with Crippen molar-refractivity contribution in [2.75, 3.05) is 11.9 Å². The summed E-state index contributed by atoms with van der Waals surface area (Å²) >= 11 is 5.97. The third-order valence-electron chi connectivity index (χ3n) is 2.97. The van der Waals surface area contributed by atoms with Crippen LogP contribution in [0, 0.1) is 0 Å². The number of pyridine rings is 1. The number of H-pyrrole nitrogens is 1. The van der Waals surface area contributed by atoms with E-state index < -0.39 is 0 Å². The van der Waals surface area contributed by atoms with E-state index in [1.54, 1.807) is 12.5 Å². The molecule has 0 bridgehead atoms. The molecule has 0 unspecified atom stereocenters. The van der Waals surface area contributed by atoms with Gasteiger partial charge in [-0.25, -0.2) is 4.98 Å². The highest BCUT2D eigenvalue weighted by molar-refractivity contribution is 6.31. The first-order valence-electron chi connectivity index (χ1n) is 6.08. The molecule has 0 atom stereocenters. The highest BCUT2D eigenvalue weighted by atomic mass is 35.5. The number of benzene rings is 1. The predicted molar refractivity (Wildman–Crippen MR) is 77.5 cm³/mol. The second-order valence-corrected chi connectivity index (χ2v) is 4.71. The molecule has 1 aromatic carbocycles. The van der Waals surface area contributed by atoms with E-state index in [1.807, 2.05) is 30.5 Å². The van der Waals surface area contributed by atoms with Gasteiger partial charge in [0.25, 0.3) is 0 Å². The van der Waals surface area contributed by atoms with E-state index in [0.717, 1.165) is 35.2 Å². The SMILES string of the molecule is Clc1ccc2c(NCCc3cnc[nH]3)ccnc2c1. The van der Waals surface area contributed by atoms with Crippen LogP contribution in [-0.4, -0.2) is 21.5 Å². The van der Waals surface area contributed by atoms with Crippen molar-refractivity contribution in [3.8, 4) is 0 Å². The van der Waals surface area contributed by atoms with Gasteiger partial charge in [0.1, 0.15) is 0 Å². The van der Waals surface area contributed by atoms with Crippen LogP contribution in [0.5, 0.6) is 0 Å². The number of hydrogen-bond acceptors (Lipinski definition) is 3. The van der Waals surface area contributed by atoms with Crippen LogP contribution in [-0.2, 0) is 6.42 Å². The van der Waals surface area contributed by atoms with Gasteiger partial charge < -0.3 is 10.3 Å². The van der Waals surface area contributed by atoms with Crippen LogP contribution in [0.15, 0.2) is 43.0 Å². The number of fused-ring (bicyclic) bond motifs is 1. The molecule has 0 radical (unpaired) electrons. The molecule has 3 aromatic rings. The Kier molecular flexibility index (Phi) is 3.33. The van der Waals surface area contributed by atoms with Gasteiger partial charge in [-0.05, 0) is 24.3 Å². The van der Waals surface area contributed by atoms with Crippen LogP contribution in [0.4, 0.5) is 5.69 Å². The number of nitrogens with zero attached hydrogens (tertiary/aromatic N) is 2. The Hall–Kier alpha value is -2.07. The van der Waals surface area contributed by atoms with Gasteiger partial charge in [-0.1, -0.05) is 11.6 Å². The van der Waals surface area contributed by atoms with Gasteiger partial charge in [0, 0.05) is 47.1 Å². The van der Waals surface area contributed by atoms with Gasteiger partial charge in [-0.2, -0.15) is 0 Å². The molecule has 2 N–H and O–H groups in total. The second-order valence-electron chi connectivity index (χ2n) is 4.27. The Morgan fingerprint density at radius 2 is 2.21 bits per heavy atom. The van der Waals surface area contributed by atoms with Crippen molar-refractivity contribution in [3.63, 3.8) is 0 Å². The molecule has 96 valence electrons. The van der Waals surface area contributed by atoms with Gasteiger partial charge >= 0.3 is 0 Å². The molecule has 0 spiro atoms. The minimum atomic E-state index is 0.703. The topological polar surface area (TPSA) is 53.6 Å². The van der Waals surface area contributed by atoms with Gasteiger partial charge in [0.15, 0.2) is 0 Å². The molecule has 0 fully saturated rings. The van der Waals surface area contributed by atoms with E-state index in [4.69, 9.17) is 11.6 Å². The second kappa shape index (κ2) is 5.28. The van der Waals surface area contributed by atoms with Crippen LogP contribution in [0.25, 0.3) is 10.9 Å². The zero-order chi connectivity index (χ0) is 13.1. The maximum Gasteiger partial charge on any atom is 0.0921 e. The number of imidazole rings is 1. The predicted octanol–water partition coefficient (Wildman–Crippen LogP) is 3.27. The molecule has 0 saturated heterocycles. The van der Waals surface area contributed by atoms with E-state index in [-0.39, 0.29) is 0 Å². The molecule has 0 aliphatic carbocycles. The zero-order valence-electron chi connectivity index (χ0n) is 10.2. The van der Waals surface area contributed by atoms with E-state index in [9.17, 15) is 0 Å². The summed E-state index contributed by atoms with van der Waals surface area (Å²) in [5.74, 6) is 0. The van der Waals surface area contributed by atoms with E-state index in [2.05, 4.69) is 20.3 Å². The van der Waals surface area contributed by atoms with Crippen LogP contribution < -0.4 is 5.32 Å². The van der Waals surface area contributed by atoms with E-state index in [0.29, 0.717) is 5.02 Å². The molecule has 2 aromatic heterocycles. The fourth-order valence-electron chi connectivity index (χ4n) is 2.03. The number of halogens is 1. The lowest BCUT2D eigenvalue weighted by atomic mass is 10.2. The maximum absolute atomic E-state index is 5.97. The molecule has 3 rings (SSSR count). The summed E-state index contributed by atoms with van der Waals surface area (Å²) in [5, 5.41) is 5.20. The van der Waals surface area contributed by atoms with Crippen molar-refractivity contribution in [1.29, 1.82) is 0 Å². The van der Waals surface area contributed by atoms with E-state index in [1.165, 1.54) is 0 Å². The monoisotopic (exact) mass is 272 g/mol. The molecule has 4 nitrogen and oxygen atoms in total. The number of anilines is 1. The Bertz CT molecular complexity index is 679. The minimum Gasteiger partial charge on any atom is -0.384 e. The number of nitrogens with one attached hydrogen (secondary N) is 2. The van der Waals surface area contributed by atoms with Crippen molar-refractivity contribution in [2.24, 2.45) is 0 Å². The lowest BCUT2D eigenvalue weighted by molar-refractivity contribution is 0.978. The fraction of sp³-hybridized carbons (Fsp3) is 0.143. The standard InChI is InChI=1S/C14H13ClN4/c15-10-1-2-12-13(4-6-18-14(12)7-10)17-5-3-11-8-16-9-19-11/h1-2,4,6-9H,3,5H2,(H,16,19)(H,17,18). The smallest absolute Gasteiger partial charge is 0.0921 e. The molecule has 0 aliphatic heterocycles. The number of aromatic amines is 1. The molecule has 5 heteroatoms. The summed E-state index contributed by atoms with van der Waals surface area (Å²) in [5.41, 5.74) is 3.09. The molecule has 19 heavy (non-hydrogen) atoms. The largest absolute Gasteiger partial charge is 0.384 e. The summed E-state index contributed by atoms with van der Waals surface area (Å²) in [4.78, 5) is 11.4. The number of aromatic nitrogens is 3. The maximum atomic E-state index is 5.97. The van der Waals surface area contributed by atoms with Gasteiger partial charge in [-0.15, -0.1) is 0 Å². The molecule has 0 aliphatic rings. The average molecular weight is 273 g/mol. The van der Waals surface area contributed by atoms with Crippen molar-refractivity contribution < 1.29 is 0 Å². The van der Waals surface area contributed by atoms with Crippen LogP contribution in [0.2, 0.25) is 5.02 Å². The quantitative estimate of drug-likeness (QED) is 0.766. The van der Waals surface area contributed by atoms with E-state index >= 15 is 0 Å². The zero-order valence-corrected chi connectivity index (χ0v) is 11.0. The first-order valence-corrected chi connectivity index (χ1v) is 6.46. The van der Waals surface area contributed by atoms with Crippen molar-refractivity contribution in [3.05, 3.63) is 53.7 Å². The summed E-state index contributed by atoms with van der Waals surface area (Å²) in [6, 6.07) is 7.72. The Morgan fingerprint density at radius 1 is 1.26 bits per heavy atom. The number of hydrogen-bond donors (Lipinski definition) is 2. The summed E-state index contributed by atoms with van der Waals surface area (Å²) in [6.07, 6.45) is 6.22. The highest BCUT2D eigenvalue weighted by Gasteiger charge is 2.02. The third-order valence-corrected chi connectivity index (χ3v) is 3.20. The first kappa shape index (κ1) is 12.0. The molecule has 0 saturated carbocycles. The Balaban J connectivity index is 1.77. The fourth-order valence-corrected chi connectivity index (χ4v) is 2.19. The third kappa shape index (κ3) is 2.69. The summed E-state index contributed by atoms with van der Waals surface area (Å²) in [6.45, 7) is 0.837. The van der Waals surface area contributed by atoms with Gasteiger partial charge in [0.05, 0.1) is 11.8 Å². The van der Waals surface area contributed by atoms with Gasteiger partial charge in [-0.3, -0.25) is 4.98 Å². The van der Waals surface area contributed by atoms with Crippen molar-refractivity contribution in [2.45, 2.75) is 6.42 Å².